The predicted octanol–water partition coefficient (Wildman–Crippen LogP) is 9.60. The van der Waals surface area contributed by atoms with Crippen LogP contribution >= 0.6 is 11.8 Å². The number of nitrogens with zero attached hydrogens (tertiary/aromatic N) is 1. The zero-order chi connectivity index (χ0) is 28.5. The molecule has 6 aromatic carbocycles. The summed E-state index contributed by atoms with van der Waals surface area (Å²) in [6, 6.07) is 49.3. The van der Waals surface area contributed by atoms with E-state index in [1.807, 2.05) is 11.8 Å². The lowest BCUT2D eigenvalue weighted by Gasteiger charge is -2.21. The number of hydrogen-bond donors (Lipinski definition) is 0. The van der Waals surface area contributed by atoms with Gasteiger partial charge in [0.1, 0.15) is 0 Å². The lowest BCUT2D eigenvalue weighted by atomic mass is 9.86. The monoisotopic (exact) mass is 567 g/mol. The van der Waals surface area contributed by atoms with Gasteiger partial charge in [-0.25, -0.2) is 0 Å². The van der Waals surface area contributed by atoms with E-state index in [1.165, 1.54) is 81.1 Å². The van der Waals surface area contributed by atoms with Crippen LogP contribution < -0.4 is 10.6 Å². The van der Waals surface area contributed by atoms with E-state index in [1.54, 1.807) is 0 Å². The molecule has 1 aromatic heterocycles. The lowest BCUT2D eigenvalue weighted by Crippen LogP contribution is -2.36. The lowest BCUT2D eigenvalue weighted by molar-refractivity contribution is 0.766. The largest absolute Gasteiger partial charge is 0.309 e. The van der Waals surface area contributed by atoms with Gasteiger partial charge in [-0.2, -0.15) is 0 Å². The molecule has 0 N–H and O–H groups in total. The van der Waals surface area contributed by atoms with E-state index in [2.05, 4.69) is 151 Å². The highest BCUT2D eigenvalue weighted by atomic mass is 32.2. The number of hydrogen-bond acceptors (Lipinski definition) is 1. The van der Waals surface area contributed by atoms with Crippen LogP contribution in [0.4, 0.5) is 0 Å². The zero-order valence-corrected chi connectivity index (χ0v) is 24.7. The molecule has 0 bridgehead atoms. The molecule has 43 heavy (non-hydrogen) atoms. The molecule has 0 fully saturated rings. The van der Waals surface area contributed by atoms with Gasteiger partial charge in [0.2, 0.25) is 0 Å². The molecule has 0 saturated heterocycles. The minimum Gasteiger partial charge on any atom is -0.309 e. The molecule has 1 aliphatic heterocycles. The third kappa shape index (κ3) is 3.80. The summed E-state index contributed by atoms with van der Waals surface area (Å²) in [6.45, 7) is 2.37. The van der Waals surface area contributed by atoms with Crippen molar-refractivity contribution in [2.24, 2.45) is 5.92 Å². The summed E-state index contributed by atoms with van der Waals surface area (Å²) < 4.78 is 2.47. The number of rotatable bonds is 3. The van der Waals surface area contributed by atoms with Crippen LogP contribution in [-0.4, -0.2) is 4.57 Å². The Morgan fingerprint density at radius 3 is 2.23 bits per heavy atom. The van der Waals surface area contributed by atoms with Crippen molar-refractivity contribution in [2.45, 2.75) is 23.1 Å². The Morgan fingerprint density at radius 1 is 0.628 bits per heavy atom. The second-order valence-electron chi connectivity index (χ2n) is 11.8. The summed E-state index contributed by atoms with van der Waals surface area (Å²) in [4.78, 5) is 2.68. The number of aromatic nitrogens is 1. The number of fused-ring (bicyclic) bond motifs is 5. The van der Waals surface area contributed by atoms with Gasteiger partial charge in [0.05, 0.1) is 10.9 Å². The fourth-order valence-electron chi connectivity index (χ4n) is 7.24. The van der Waals surface area contributed by atoms with Gasteiger partial charge in [0.15, 0.2) is 0 Å². The summed E-state index contributed by atoms with van der Waals surface area (Å²) in [5, 5.41) is 6.70. The van der Waals surface area contributed by atoms with Crippen LogP contribution in [0.15, 0.2) is 143 Å². The van der Waals surface area contributed by atoms with Crippen LogP contribution in [0.1, 0.15) is 18.9 Å². The standard InChI is InChI=1S/C41H29NS/c1-26-17-23-34-32-13-5-6-15-36(32)42(31-11-3-2-4-12-31)41(34)39(26)29-20-18-27(19-21-29)30-22-24-37-35(25-30)33-14-7-9-28-10-8-16-38(43-37)40(28)33/h2-16,18-26H,17H2,1H3. The minimum atomic E-state index is 0.423. The summed E-state index contributed by atoms with van der Waals surface area (Å²) in [7, 11) is 0. The van der Waals surface area contributed by atoms with E-state index < -0.39 is 0 Å². The summed E-state index contributed by atoms with van der Waals surface area (Å²) >= 11 is 1.89. The van der Waals surface area contributed by atoms with Gasteiger partial charge in [-0.05, 0) is 87.5 Å². The maximum atomic E-state index is 2.47. The van der Waals surface area contributed by atoms with Crippen LogP contribution in [0, 0.1) is 5.92 Å². The van der Waals surface area contributed by atoms with Crippen molar-refractivity contribution in [1.29, 1.82) is 0 Å². The first-order chi connectivity index (χ1) is 21.2. The van der Waals surface area contributed by atoms with Crippen LogP contribution in [-0.2, 0) is 0 Å². The van der Waals surface area contributed by atoms with Crippen LogP contribution in [0.3, 0.4) is 0 Å². The summed E-state index contributed by atoms with van der Waals surface area (Å²) in [5.41, 5.74) is 10.4. The fourth-order valence-corrected chi connectivity index (χ4v) is 8.36. The molecule has 2 heteroatoms. The van der Waals surface area contributed by atoms with Gasteiger partial charge in [-0.1, -0.05) is 122 Å². The van der Waals surface area contributed by atoms with E-state index in [4.69, 9.17) is 0 Å². The fraction of sp³-hybridized carbons (Fsp3) is 0.0732. The van der Waals surface area contributed by atoms with Crippen molar-refractivity contribution in [3.05, 3.63) is 150 Å². The summed E-state index contributed by atoms with van der Waals surface area (Å²) in [5.74, 6) is 0.423. The summed E-state index contributed by atoms with van der Waals surface area (Å²) in [6.07, 6.45) is 3.49. The van der Waals surface area contributed by atoms with E-state index in [9.17, 15) is 0 Å². The van der Waals surface area contributed by atoms with Gasteiger partial charge in [0, 0.05) is 31.5 Å². The van der Waals surface area contributed by atoms with E-state index >= 15 is 0 Å². The van der Waals surface area contributed by atoms with Crippen molar-refractivity contribution in [1.82, 2.24) is 4.57 Å². The van der Waals surface area contributed by atoms with E-state index in [0.29, 0.717) is 5.92 Å². The van der Waals surface area contributed by atoms with Crippen molar-refractivity contribution in [2.75, 3.05) is 0 Å². The van der Waals surface area contributed by atoms with Crippen LogP contribution in [0.2, 0.25) is 0 Å². The smallest absolute Gasteiger partial charge is 0.0578 e. The van der Waals surface area contributed by atoms with E-state index in [0.717, 1.165) is 6.42 Å². The van der Waals surface area contributed by atoms with Crippen LogP contribution in [0.5, 0.6) is 0 Å². The molecule has 1 aliphatic carbocycles. The van der Waals surface area contributed by atoms with Crippen molar-refractivity contribution in [3.8, 4) is 27.9 Å². The van der Waals surface area contributed by atoms with Gasteiger partial charge in [0.25, 0.3) is 0 Å². The second kappa shape index (κ2) is 9.62. The van der Waals surface area contributed by atoms with Crippen molar-refractivity contribution in [3.63, 3.8) is 0 Å². The maximum Gasteiger partial charge on any atom is 0.0578 e. The number of benzene rings is 6. The third-order valence-electron chi connectivity index (χ3n) is 9.24. The normalized spacial score (nSPS) is 15.3. The highest BCUT2D eigenvalue weighted by Crippen LogP contribution is 2.48. The molecule has 0 amide bonds. The van der Waals surface area contributed by atoms with Gasteiger partial charge in [-0.15, -0.1) is 0 Å². The topological polar surface area (TPSA) is 4.93 Å². The Kier molecular flexibility index (Phi) is 5.54. The van der Waals surface area contributed by atoms with Gasteiger partial charge >= 0.3 is 0 Å². The third-order valence-corrected chi connectivity index (χ3v) is 10.4. The first-order valence-corrected chi connectivity index (χ1v) is 15.9. The maximum absolute atomic E-state index is 2.47. The SMILES string of the molecule is CC1CC=c2c(n(-c3ccccc3)c3ccccc23)=C1c1ccc(-c2ccc3c(c2)-c2cccc4cccc(c24)S3)cc1. The Balaban J connectivity index is 1.20. The average molecular weight is 568 g/mol. The molecule has 0 spiro atoms. The van der Waals surface area contributed by atoms with E-state index in [-0.39, 0.29) is 0 Å². The Bertz CT molecular complexity index is 2340. The molecule has 2 heterocycles. The highest BCUT2D eigenvalue weighted by Gasteiger charge is 2.22. The molecule has 9 rings (SSSR count). The first-order valence-electron chi connectivity index (χ1n) is 15.1. The minimum absolute atomic E-state index is 0.423. The molecule has 0 radical (unpaired) electrons. The van der Waals surface area contributed by atoms with Crippen molar-refractivity contribution < 1.29 is 0 Å². The zero-order valence-electron chi connectivity index (χ0n) is 23.9. The molecular weight excluding hydrogens is 539 g/mol. The molecule has 1 atom stereocenters. The van der Waals surface area contributed by atoms with Gasteiger partial charge in [-0.3, -0.25) is 0 Å². The molecule has 2 aliphatic rings. The molecule has 1 nitrogen and oxygen atoms in total. The Morgan fingerprint density at radius 2 is 1.37 bits per heavy atom. The first kappa shape index (κ1) is 24.8. The molecule has 1 unspecified atom stereocenters. The van der Waals surface area contributed by atoms with Gasteiger partial charge < -0.3 is 4.57 Å². The Hall–Kier alpha value is -4.79. The molecule has 7 aromatic rings. The van der Waals surface area contributed by atoms with Crippen LogP contribution in [0.25, 0.3) is 61.3 Å². The predicted molar refractivity (Wildman–Crippen MR) is 182 cm³/mol. The average Bonchev–Trinajstić information content (AvgIpc) is 3.40. The highest BCUT2D eigenvalue weighted by molar-refractivity contribution is 7.99. The number of para-hydroxylation sites is 2. The molecule has 204 valence electrons. The van der Waals surface area contributed by atoms with Crippen molar-refractivity contribution >= 4 is 45.1 Å². The molecular formula is C41H29NS. The quantitative estimate of drug-likeness (QED) is 0.206. The Labute approximate surface area is 255 Å². The molecule has 0 saturated carbocycles. The second-order valence-corrected chi connectivity index (χ2v) is 12.8.